The van der Waals surface area contributed by atoms with Crippen LogP contribution in [0.4, 0.5) is 17.1 Å². The zero-order valence-corrected chi connectivity index (χ0v) is 18.9. The molecule has 1 heterocycles. The molecule has 4 rings (SSSR count). The number of anilines is 3. The molecule has 3 aromatic carbocycles. The Balaban J connectivity index is 1.39. The van der Waals surface area contributed by atoms with E-state index in [1.807, 2.05) is 42.5 Å². The van der Waals surface area contributed by atoms with Crippen molar-refractivity contribution in [3.8, 4) is 11.5 Å². The number of nitrogens with zero attached hydrogens (tertiary/aromatic N) is 2. The van der Waals surface area contributed by atoms with Crippen LogP contribution in [0, 0.1) is 0 Å². The molecule has 34 heavy (non-hydrogen) atoms. The number of hydrogen-bond acceptors (Lipinski definition) is 6. The van der Waals surface area contributed by atoms with E-state index in [1.165, 1.54) is 0 Å². The lowest BCUT2D eigenvalue weighted by Gasteiger charge is -2.37. The molecular formula is C26H27N3O5. The summed E-state index contributed by atoms with van der Waals surface area (Å²) in [7, 11) is 1.65. The van der Waals surface area contributed by atoms with Crippen molar-refractivity contribution in [1.29, 1.82) is 0 Å². The minimum atomic E-state index is -1.10. The minimum absolute atomic E-state index is 0.0424. The van der Waals surface area contributed by atoms with Crippen LogP contribution >= 0.6 is 0 Å². The Hall–Kier alpha value is -4.20. The standard InChI is InChI=1S/C26H27N3O5/c1-33-22-9-5-6-19(16-22)28-12-14-29(15-13-28)20-10-11-24(23(17-20)26(31)32)27-25(30)18-34-21-7-3-2-4-8-21/h2-11,16-17H,12-15,18H2,1H3,(H,27,30)(H,31,32). The first-order chi connectivity index (χ1) is 16.5. The third kappa shape index (κ3) is 5.58. The Labute approximate surface area is 198 Å². The van der Waals surface area contributed by atoms with Crippen molar-refractivity contribution in [2.45, 2.75) is 0 Å². The number of nitrogens with one attached hydrogen (secondary N) is 1. The number of amides is 1. The van der Waals surface area contributed by atoms with Gasteiger partial charge in [0.25, 0.3) is 5.91 Å². The summed E-state index contributed by atoms with van der Waals surface area (Å²) in [5, 5.41) is 12.4. The van der Waals surface area contributed by atoms with Crippen molar-refractivity contribution in [2.75, 3.05) is 55.0 Å². The van der Waals surface area contributed by atoms with Gasteiger partial charge >= 0.3 is 5.97 Å². The predicted octanol–water partition coefficient (Wildman–Crippen LogP) is 3.74. The topological polar surface area (TPSA) is 91.3 Å². The van der Waals surface area contributed by atoms with E-state index in [1.54, 1.807) is 31.4 Å². The molecule has 8 heteroatoms. The van der Waals surface area contributed by atoms with Gasteiger partial charge < -0.3 is 29.7 Å². The highest BCUT2D eigenvalue weighted by Gasteiger charge is 2.21. The maximum Gasteiger partial charge on any atom is 0.337 e. The lowest BCUT2D eigenvalue weighted by atomic mass is 10.1. The van der Waals surface area contributed by atoms with E-state index in [9.17, 15) is 14.7 Å². The first-order valence-corrected chi connectivity index (χ1v) is 11.0. The fourth-order valence-electron chi connectivity index (χ4n) is 3.90. The molecule has 0 bridgehead atoms. The van der Waals surface area contributed by atoms with Crippen molar-refractivity contribution in [1.82, 2.24) is 0 Å². The van der Waals surface area contributed by atoms with Gasteiger partial charge in [0.05, 0.1) is 18.4 Å². The van der Waals surface area contributed by atoms with Crippen molar-refractivity contribution < 1.29 is 24.2 Å². The number of benzene rings is 3. The highest BCUT2D eigenvalue weighted by atomic mass is 16.5. The van der Waals surface area contributed by atoms with E-state index in [0.717, 1.165) is 43.3 Å². The van der Waals surface area contributed by atoms with Gasteiger partial charge in [0.2, 0.25) is 0 Å². The first-order valence-electron chi connectivity index (χ1n) is 11.0. The Morgan fingerprint density at radius 2 is 1.50 bits per heavy atom. The van der Waals surface area contributed by atoms with E-state index in [-0.39, 0.29) is 17.9 Å². The number of methoxy groups -OCH3 is 1. The summed E-state index contributed by atoms with van der Waals surface area (Å²) in [6.45, 7) is 2.87. The molecule has 1 fully saturated rings. The van der Waals surface area contributed by atoms with Crippen LogP contribution in [0.25, 0.3) is 0 Å². The highest BCUT2D eigenvalue weighted by Crippen LogP contribution is 2.27. The van der Waals surface area contributed by atoms with Crippen molar-refractivity contribution in [3.63, 3.8) is 0 Å². The van der Waals surface area contributed by atoms with Gasteiger partial charge in [0.15, 0.2) is 6.61 Å². The molecular weight excluding hydrogens is 434 g/mol. The van der Waals surface area contributed by atoms with Crippen LogP contribution in [-0.2, 0) is 4.79 Å². The largest absolute Gasteiger partial charge is 0.497 e. The van der Waals surface area contributed by atoms with Crippen LogP contribution in [0.3, 0.4) is 0 Å². The molecule has 0 aliphatic carbocycles. The van der Waals surface area contributed by atoms with Gasteiger partial charge in [-0.2, -0.15) is 0 Å². The summed E-state index contributed by atoms with van der Waals surface area (Å²) >= 11 is 0. The average molecular weight is 462 g/mol. The second-order valence-corrected chi connectivity index (χ2v) is 7.86. The molecule has 1 aliphatic rings. The predicted molar refractivity (Wildman–Crippen MR) is 131 cm³/mol. The molecule has 0 aromatic heterocycles. The quantitative estimate of drug-likeness (QED) is 0.528. The number of carbonyl (C=O) groups excluding carboxylic acids is 1. The summed E-state index contributed by atoms with van der Waals surface area (Å²) in [5.41, 5.74) is 2.19. The van der Waals surface area contributed by atoms with Crippen LogP contribution in [-0.4, -0.2) is 56.9 Å². The zero-order chi connectivity index (χ0) is 23.9. The maximum atomic E-state index is 12.3. The van der Waals surface area contributed by atoms with E-state index in [0.29, 0.717) is 5.75 Å². The molecule has 0 spiro atoms. The summed E-state index contributed by atoms with van der Waals surface area (Å²) in [4.78, 5) is 28.6. The number of para-hydroxylation sites is 1. The Bertz CT molecular complexity index is 1140. The number of piperazine rings is 1. The van der Waals surface area contributed by atoms with E-state index in [2.05, 4.69) is 21.2 Å². The van der Waals surface area contributed by atoms with Gasteiger partial charge in [-0.25, -0.2) is 4.79 Å². The molecule has 1 saturated heterocycles. The average Bonchev–Trinajstić information content (AvgIpc) is 2.88. The second-order valence-electron chi connectivity index (χ2n) is 7.86. The third-order valence-corrected chi connectivity index (χ3v) is 5.68. The third-order valence-electron chi connectivity index (χ3n) is 5.68. The number of rotatable bonds is 8. The summed E-state index contributed by atoms with van der Waals surface area (Å²) in [6.07, 6.45) is 0. The molecule has 1 amide bonds. The smallest absolute Gasteiger partial charge is 0.337 e. The summed E-state index contributed by atoms with van der Waals surface area (Å²) in [6, 6.07) is 22.0. The van der Waals surface area contributed by atoms with Crippen LogP contribution in [0.15, 0.2) is 72.8 Å². The summed E-state index contributed by atoms with van der Waals surface area (Å²) < 4.78 is 10.8. The molecule has 0 saturated carbocycles. The monoisotopic (exact) mass is 461 g/mol. The van der Waals surface area contributed by atoms with Crippen molar-refractivity contribution in [3.05, 3.63) is 78.4 Å². The molecule has 0 atom stereocenters. The normalized spacial score (nSPS) is 13.3. The van der Waals surface area contributed by atoms with Crippen LogP contribution in [0.1, 0.15) is 10.4 Å². The Kier molecular flexibility index (Phi) is 7.17. The lowest BCUT2D eigenvalue weighted by molar-refractivity contribution is -0.118. The molecule has 0 unspecified atom stereocenters. The van der Waals surface area contributed by atoms with Gasteiger partial charge in [0.1, 0.15) is 11.5 Å². The number of carboxylic acids is 1. The molecule has 3 aromatic rings. The molecule has 0 radical (unpaired) electrons. The number of hydrogen-bond donors (Lipinski definition) is 2. The highest BCUT2D eigenvalue weighted by molar-refractivity contribution is 6.01. The Morgan fingerprint density at radius 1 is 0.853 bits per heavy atom. The molecule has 2 N–H and O–H groups in total. The SMILES string of the molecule is COc1cccc(N2CCN(c3ccc(NC(=O)COc4ccccc4)c(C(=O)O)c3)CC2)c1. The van der Waals surface area contributed by atoms with E-state index in [4.69, 9.17) is 9.47 Å². The number of carbonyl (C=O) groups is 2. The van der Waals surface area contributed by atoms with E-state index < -0.39 is 11.9 Å². The fraction of sp³-hybridized carbons (Fsp3) is 0.231. The maximum absolute atomic E-state index is 12.3. The molecule has 8 nitrogen and oxygen atoms in total. The van der Waals surface area contributed by atoms with Crippen molar-refractivity contribution in [2.24, 2.45) is 0 Å². The number of carboxylic acid groups (broad SMARTS) is 1. The Morgan fingerprint density at radius 3 is 2.15 bits per heavy atom. The van der Waals surface area contributed by atoms with Gasteiger partial charge in [-0.1, -0.05) is 24.3 Å². The van der Waals surface area contributed by atoms with Gasteiger partial charge in [-0.3, -0.25) is 4.79 Å². The summed E-state index contributed by atoms with van der Waals surface area (Å²) in [5.74, 6) is -0.139. The van der Waals surface area contributed by atoms with Crippen molar-refractivity contribution >= 4 is 28.9 Å². The van der Waals surface area contributed by atoms with Crippen LogP contribution in [0.2, 0.25) is 0 Å². The second kappa shape index (κ2) is 10.6. The van der Waals surface area contributed by atoms with E-state index >= 15 is 0 Å². The minimum Gasteiger partial charge on any atom is -0.497 e. The first kappa shape index (κ1) is 23.0. The molecule has 1 aliphatic heterocycles. The van der Waals surface area contributed by atoms with Gasteiger partial charge in [0, 0.05) is 43.6 Å². The molecule has 176 valence electrons. The van der Waals surface area contributed by atoms with Crippen LogP contribution in [0.5, 0.6) is 11.5 Å². The zero-order valence-electron chi connectivity index (χ0n) is 18.9. The van der Waals surface area contributed by atoms with Gasteiger partial charge in [-0.15, -0.1) is 0 Å². The van der Waals surface area contributed by atoms with Crippen LogP contribution < -0.4 is 24.6 Å². The number of ether oxygens (including phenoxy) is 2. The van der Waals surface area contributed by atoms with Gasteiger partial charge in [-0.05, 0) is 42.5 Å². The number of aromatic carboxylic acids is 1. The fourth-order valence-corrected chi connectivity index (χ4v) is 3.90. The lowest BCUT2D eigenvalue weighted by Crippen LogP contribution is -2.46.